The number of ketones is 1. The minimum Gasteiger partial charge on any atom is -0.434 e. The Kier molecular flexibility index (Phi) is 11.8. The molecule has 1 aromatic heterocycles. The molecule has 270 valence electrons. The first kappa shape index (κ1) is 36.6. The number of carbonyl (C=O) groups is 3. The van der Waals surface area contributed by atoms with Crippen LogP contribution in [-0.4, -0.2) is 80.0 Å². The van der Waals surface area contributed by atoms with Crippen molar-refractivity contribution in [1.29, 1.82) is 0 Å². The van der Waals surface area contributed by atoms with Gasteiger partial charge in [0.15, 0.2) is 5.58 Å². The van der Waals surface area contributed by atoms with Crippen molar-refractivity contribution in [2.75, 3.05) is 25.9 Å². The summed E-state index contributed by atoms with van der Waals surface area (Å²) in [7, 11) is -3.77. The zero-order valence-electron chi connectivity index (χ0n) is 28.3. The number of sulfonamides is 1. The predicted octanol–water partition coefficient (Wildman–Crippen LogP) is 4.41. The number of halogens is 1. The van der Waals surface area contributed by atoms with E-state index in [0.29, 0.717) is 34.0 Å². The molecule has 3 aromatic carbocycles. The third-order valence-corrected chi connectivity index (χ3v) is 10.4. The second kappa shape index (κ2) is 16.5. The lowest BCUT2D eigenvalue weighted by atomic mass is 9.91. The van der Waals surface area contributed by atoms with E-state index >= 15 is 0 Å². The summed E-state index contributed by atoms with van der Waals surface area (Å²) in [4.78, 5) is 48.3. The highest BCUT2D eigenvalue weighted by atomic mass is 35.5. The van der Waals surface area contributed by atoms with Crippen molar-refractivity contribution in [3.8, 4) is 0 Å². The smallest absolute Gasteiger partial charge is 0.266 e. The van der Waals surface area contributed by atoms with Crippen LogP contribution in [-0.2, 0) is 31.0 Å². The number of carbonyl (C=O) groups excluding carboxylic acids is 3. The van der Waals surface area contributed by atoms with Crippen molar-refractivity contribution in [1.82, 2.24) is 25.2 Å². The van der Waals surface area contributed by atoms with Crippen LogP contribution in [0.1, 0.15) is 60.0 Å². The first-order valence-electron chi connectivity index (χ1n) is 17.1. The highest BCUT2D eigenvalue weighted by molar-refractivity contribution is 7.88. The lowest BCUT2D eigenvalue weighted by molar-refractivity contribution is -0.140. The molecule has 2 amide bonds. The number of aromatic nitrogens is 1. The molecular formula is C37H42ClN5O7S. The number of ether oxygens (including phenoxy) is 1. The number of fused-ring (bicyclic) bond motifs is 1. The van der Waals surface area contributed by atoms with Crippen LogP contribution in [0.4, 0.5) is 0 Å². The number of hydrogen-bond acceptors (Lipinski definition) is 9. The van der Waals surface area contributed by atoms with Gasteiger partial charge < -0.3 is 24.7 Å². The van der Waals surface area contributed by atoms with Crippen molar-refractivity contribution in [3.05, 3.63) is 101 Å². The summed E-state index contributed by atoms with van der Waals surface area (Å²) in [5, 5.41) is 6.79. The molecular weight excluding hydrogens is 694 g/mol. The maximum absolute atomic E-state index is 14.3. The molecule has 14 heteroatoms. The minimum absolute atomic E-state index is 0.0505. The number of rotatable bonds is 14. The van der Waals surface area contributed by atoms with E-state index in [2.05, 4.69) is 20.3 Å². The molecule has 4 aromatic rings. The molecule has 0 aliphatic carbocycles. The van der Waals surface area contributed by atoms with Crippen LogP contribution >= 0.6 is 11.6 Å². The van der Waals surface area contributed by atoms with E-state index in [1.165, 1.54) is 4.90 Å². The molecule has 0 bridgehead atoms. The number of likely N-dealkylation sites (tertiary alicyclic amines) is 1. The van der Waals surface area contributed by atoms with Crippen LogP contribution in [0.15, 0.2) is 83.3 Å². The zero-order chi connectivity index (χ0) is 36.0. The summed E-state index contributed by atoms with van der Waals surface area (Å²) in [6, 6.07) is 19.6. The number of hydrogen-bond donors (Lipinski definition) is 3. The fourth-order valence-electron chi connectivity index (χ4n) is 6.75. The lowest BCUT2D eigenvalue weighted by Crippen LogP contribution is -2.54. The molecule has 51 heavy (non-hydrogen) atoms. The monoisotopic (exact) mass is 735 g/mol. The van der Waals surface area contributed by atoms with Gasteiger partial charge in [0, 0.05) is 18.0 Å². The second-order valence-corrected chi connectivity index (χ2v) is 15.4. The Labute approximate surface area is 302 Å². The van der Waals surface area contributed by atoms with E-state index in [1.54, 1.807) is 66.7 Å². The van der Waals surface area contributed by atoms with Gasteiger partial charge in [0.25, 0.3) is 5.89 Å². The van der Waals surface area contributed by atoms with E-state index in [9.17, 15) is 22.8 Å². The SMILES string of the molecule is CS(=O)(=O)N[C@H](CCC1CCNCC1)C(=O)N1C[C@H](OCc2ccc(Cl)cc2)CC1C(=O)N[C@H](C(=O)c1nc2ccccc2o1)c1ccccc1. The van der Waals surface area contributed by atoms with Crippen LogP contribution in [0, 0.1) is 5.92 Å². The second-order valence-electron chi connectivity index (χ2n) is 13.2. The average Bonchev–Trinajstić information content (AvgIpc) is 3.77. The van der Waals surface area contributed by atoms with Crippen molar-refractivity contribution in [2.24, 2.45) is 5.92 Å². The van der Waals surface area contributed by atoms with E-state index in [1.807, 2.05) is 12.1 Å². The number of oxazole rings is 1. The molecule has 6 rings (SSSR count). The third-order valence-electron chi connectivity index (χ3n) is 9.41. The molecule has 0 spiro atoms. The Morgan fingerprint density at radius 1 is 1.02 bits per heavy atom. The van der Waals surface area contributed by atoms with Crippen LogP contribution in [0.3, 0.4) is 0 Å². The summed E-state index contributed by atoms with van der Waals surface area (Å²) < 4.78 is 39.5. The Morgan fingerprint density at radius 2 is 1.73 bits per heavy atom. The molecule has 12 nitrogen and oxygen atoms in total. The fraction of sp³-hybridized carbons (Fsp3) is 0.405. The van der Waals surface area contributed by atoms with Crippen LogP contribution in [0.2, 0.25) is 5.02 Å². The number of Topliss-reactive ketones (excluding diaryl/α,β-unsaturated/α-hetero) is 1. The molecule has 4 atom stereocenters. The molecule has 3 heterocycles. The van der Waals surface area contributed by atoms with Crippen LogP contribution in [0.25, 0.3) is 11.1 Å². The van der Waals surface area contributed by atoms with Gasteiger partial charge in [-0.3, -0.25) is 14.4 Å². The molecule has 0 radical (unpaired) electrons. The standard InChI is InChI=1S/C37H42ClN5O7S/c1-51(47,48)42-30(16-13-24-17-19-39-20-18-24)37(46)43-22-28(49-23-25-11-14-27(38)15-12-25)21-31(43)35(45)41-33(26-7-3-2-4-8-26)34(44)36-40-29-9-5-6-10-32(29)50-36/h2-12,14-15,24,28,30-31,33,39,42H,13,16-23H2,1H3,(H,41,45)/t28-,30-,31?,33+/m1/s1. The number of para-hydroxylation sites is 2. The van der Waals surface area contributed by atoms with Gasteiger partial charge in [0.2, 0.25) is 27.6 Å². The molecule has 3 N–H and O–H groups in total. The van der Waals surface area contributed by atoms with E-state index in [4.69, 9.17) is 20.8 Å². The van der Waals surface area contributed by atoms with Gasteiger partial charge in [-0.05, 0) is 80.1 Å². The van der Waals surface area contributed by atoms with Gasteiger partial charge in [-0.1, -0.05) is 66.2 Å². The maximum atomic E-state index is 14.3. The molecule has 1 unspecified atom stereocenters. The highest BCUT2D eigenvalue weighted by Crippen LogP contribution is 2.28. The minimum atomic E-state index is -3.77. The fourth-order valence-corrected chi connectivity index (χ4v) is 7.62. The number of benzene rings is 3. The Balaban J connectivity index is 1.26. The van der Waals surface area contributed by atoms with Gasteiger partial charge in [0.05, 0.1) is 19.0 Å². The molecule has 2 aliphatic rings. The van der Waals surface area contributed by atoms with Crippen molar-refractivity contribution in [2.45, 2.75) is 62.9 Å². The number of amides is 2. The molecule has 2 fully saturated rings. The maximum Gasteiger partial charge on any atom is 0.266 e. The molecule has 2 saturated heterocycles. The first-order valence-corrected chi connectivity index (χ1v) is 19.4. The van der Waals surface area contributed by atoms with Crippen LogP contribution in [0.5, 0.6) is 0 Å². The number of nitrogens with one attached hydrogen (secondary N) is 3. The summed E-state index contributed by atoms with van der Waals surface area (Å²) >= 11 is 6.05. The van der Waals surface area contributed by atoms with Crippen molar-refractivity contribution < 1.29 is 32.0 Å². The normalized spacial score (nSPS) is 19.5. The largest absolute Gasteiger partial charge is 0.434 e. The van der Waals surface area contributed by atoms with Gasteiger partial charge in [-0.15, -0.1) is 0 Å². The van der Waals surface area contributed by atoms with E-state index in [-0.39, 0.29) is 31.9 Å². The predicted molar refractivity (Wildman–Crippen MR) is 192 cm³/mol. The number of nitrogens with zero attached hydrogens (tertiary/aromatic N) is 2. The van der Waals surface area contributed by atoms with Gasteiger partial charge in [-0.2, -0.15) is 0 Å². The third kappa shape index (κ3) is 9.60. The van der Waals surface area contributed by atoms with E-state index in [0.717, 1.165) is 37.8 Å². The van der Waals surface area contributed by atoms with Gasteiger partial charge in [-0.25, -0.2) is 18.1 Å². The van der Waals surface area contributed by atoms with Gasteiger partial charge in [0.1, 0.15) is 23.6 Å². The topological polar surface area (TPSA) is 160 Å². The van der Waals surface area contributed by atoms with Crippen LogP contribution < -0.4 is 15.4 Å². The Bertz CT molecular complexity index is 1900. The number of piperidine rings is 1. The highest BCUT2D eigenvalue weighted by Gasteiger charge is 2.44. The Morgan fingerprint density at radius 3 is 2.43 bits per heavy atom. The molecule has 2 aliphatic heterocycles. The van der Waals surface area contributed by atoms with Crippen molar-refractivity contribution >= 4 is 50.3 Å². The summed E-state index contributed by atoms with van der Waals surface area (Å²) in [5.74, 6) is -1.48. The Hall–Kier alpha value is -4.14. The lowest BCUT2D eigenvalue weighted by Gasteiger charge is -2.30. The van der Waals surface area contributed by atoms with E-state index < -0.39 is 51.9 Å². The summed E-state index contributed by atoms with van der Waals surface area (Å²) in [5.41, 5.74) is 2.29. The average molecular weight is 736 g/mol. The summed E-state index contributed by atoms with van der Waals surface area (Å²) in [6.07, 6.45) is 3.40. The quantitative estimate of drug-likeness (QED) is 0.160. The summed E-state index contributed by atoms with van der Waals surface area (Å²) in [6.45, 7) is 2.00. The van der Waals surface area contributed by atoms with Crippen molar-refractivity contribution in [3.63, 3.8) is 0 Å². The zero-order valence-corrected chi connectivity index (χ0v) is 29.9. The van der Waals surface area contributed by atoms with Gasteiger partial charge >= 0.3 is 0 Å². The first-order chi connectivity index (χ1) is 24.5. The molecule has 0 saturated carbocycles.